The maximum Gasteiger partial charge on any atom is 0.130 e. The summed E-state index contributed by atoms with van der Waals surface area (Å²) in [7, 11) is 0. The molecule has 0 amide bonds. The van der Waals surface area contributed by atoms with Gasteiger partial charge >= 0.3 is 0 Å². The van der Waals surface area contributed by atoms with Gasteiger partial charge in [-0.3, -0.25) is 4.90 Å². The van der Waals surface area contributed by atoms with Crippen LogP contribution >= 0.6 is 0 Å². The van der Waals surface area contributed by atoms with Gasteiger partial charge in [-0.1, -0.05) is 13.0 Å². The Morgan fingerprint density at radius 1 is 1.47 bits per heavy atom. The van der Waals surface area contributed by atoms with Crippen LogP contribution in [0.5, 0.6) is 0 Å². The molecule has 1 aromatic carbocycles. The van der Waals surface area contributed by atoms with Crippen molar-refractivity contribution >= 4 is 0 Å². The molecule has 0 radical (unpaired) electrons. The largest absolute Gasteiger partial charge is 0.376 e. The maximum absolute atomic E-state index is 13.9. The minimum absolute atomic E-state index is 0.159. The van der Waals surface area contributed by atoms with E-state index >= 15 is 0 Å². The van der Waals surface area contributed by atoms with Crippen molar-refractivity contribution in [3.8, 4) is 0 Å². The highest BCUT2D eigenvalue weighted by atomic mass is 19.1. The number of halogens is 2. The molecule has 2 rings (SSSR count). The quantitative estimate of drug-likeness (QED) is 0.910. The van der Waals surface area contributed by atoms with Crippen molar-refractivity contribution < 1.29 is 13.5 Å². The Labute approximate surface area is 112 Å². The molecule has 0 aliphatic carbocycles. The molecule has 0 spiro atoms. The van der Waals surface area contributed by atoms with Gasteiger partial charge in [0.15, 0.2) is 0 Å². The molecule has 1 aromatic rings. The summed E-state index contributed by atoms with van der Waals surface area (Å²) in [6.45, 7) is 4.44. The van der Waals surface area contributed by atoms with Crippen LogP contribution in [0.1, 0.15) is 24.9 Å². The molecule has 1 saturated heterocycles. The third-order valence-electron chi connectivity index (χ3n) is 3.61. The van der Waals surface area contributed by atoms with Crippen LogP contribution in [0.25, 0.3) is 0 Å². The highest BCUT2D eigenvalue weighted by Crippen LogP contribution is 2.25. The Hall–Kier alpha value is -1.04. The van der Waals surface area contributed by atoms with E-state index in [1.54, 1.807) is 0 Å². The fraction of sp³-hybridized carbons (Fsp3) is 0.571. The number of hydrogen-bond donors (Lipinski definition) is 1. The third kappa shape index (κ3) is 3.29. The lowest BCUT2D eigenvalue weighted by atomic mass is 10.0. The molecule has 3 nitrogen and oxygen atoms in total. The lowest BCUT2D eigenvalue weighted by molar-refractivity contribution is -0.0441. The van der Waals surface area contributed by atoms with Gasteiger partial charge in [0.2, 0.25) is 0 Å². The Morgan fingerprint density at radius 2 is 2.26 bits per heavy atom. The Bertz CT molecular complexity index is 428. The number of nitrogens with zero attached hydrogens (tertiary/aromatic N) is 1. The molecule has 0 saturated carbocycles. The fourth-order valence-corrected chi connectivity index (χ4v) is 2.52. The van der Waals surface area contributed by atoms with Gasteiger partial charge in [-0.15, -0.1) is 0 Å². The molecule has 2 N–H and O–H groups in total. The lowest BCUT2D eigenvalue weighted by Gasteiger charge is -2.38. The smallest absolute Gasteiger partial charge is 0.130 e. The highest BCUT2D eigenvalue weighted by Gasteiger charge is 2.27. The van der Waals surface area contributed by atoms with E-state index in [-0.39, 0.29) is 12.1 Å². The number of ether oxygens (including phenoxy) is 1. The van der Waals surface area contributed by atoms with Crippen molar-refractivity contribution in [1.29, 1.82) is 0 Å². The first-order valence-corrected chi connectivity index (χ1v) is 6.66. The molecule has 1 heterocycles. The number of benzene rings is 1. The molecule has 1 aliphatic heterocycles. The third-order valence-corrected chi connectivity index (χ3v) is 3.61. The minimum atomic E-state index is -0.564. The zero-order chi connectivity index (χ0) is 13.8. The van der Waals surface area contributed by atoms with Gasteiger partial charge in [-0.2, -0.15) is 0 Å². The normalized spacial score (nSPS) is 22.4. The van der Waals surface area contributed by atoms with Crippen LogP contribution in [-0.2, 0) is 4.74 Å². The summed E-state index contributed by atoms with van der Waals surface area (Å²) in [5, 5.41) is 0. The van der Waals surface area contributed by atoms with E-state index in [0.717, 1.165) is 25.6 Å². The van der Waals surface area contributed by atoms with Crippen molar-refractivity contribution in [2.24, 2.45) is 5.73 Å². The van der Waals surface area contributed by atoms with Gasteiger partial charge in [0.25, 0.3) is 0 Å². The van der Waals surface area contributed by atoms with Gasteiger partial charge in [-0.05, 0) is 12.5 Å². The molecule has 0 aromatic heterocycles. The average Bonchev–Trinajstić information content (AvgIpc) is 2.42. The second kappa shape index (κ2) is 6.41. The van der Waals surface area contributed by atoms with E-state index in [4.69, 9.17) is 10.5 Å². The monoisotopic (exact) mass is 270 g/mol. The standard InChI is InChI=1S/C14H20F2N2O/c1-2-11-9-18(5-6-19-11)14(8-17)12-4-3-10(15)7-13(12)16/h3-4,7,11,14H,2,5-6,8-9,17H2,1H3. The second-order valence-corrected chi connectivity index (χ2v) is 4.81. The Balaban J connectivity index is 2.19. The topological polar surface area (TPSA) is 38.5 Å². The van der Waals surface area contributed by atoms with Gasteiger partial charge in [-0.25, -0.2) is 8.78 Å². The zero-order valence-electron chi connectivity index (χ0n) is 11.1. The first kappa shape index (κ1) is 14.4. The number of nitrogens with two attached hydrogens (primary N) is 1. The van der Waals surface area contributed by atoms with Crippen LogP contribution in [0.15, 0.2) is 18.2 Å². The predicted octanol–water partition coefficient (Wildman–Crippen LogP) is 2.08. The summed E-state index contributed by atoms with van der Waals surface area (Å²) in [6.07, 6.45) is 1.07. The molecule has 1 aliphatic rings. The van der Waals surface area contributed by atoms with E-state index in [1.165, 1.54) is 12.1 Å². The van der Waals surface area contributed by atoms with E-state index in [9.17, 15) is 8.78 Å². The van der Waals surface area contributed by atoms with Crippen LogP contribution in [-0.4, -0.2) is 37.2 Å². The average molecular weight is 270 g/mol. The van der Waals surface area contributed by atoms with Crippen LogP contribution < -0.4 is 5.73 Å². The number of morpholine rings is 1. The Morgan fingerprint density at radius 3 is 2.89 bits per heavy atom. The van der Waals surface area contributed by atoms with Crippen molar-refractivity contribution in [2.45, 2.75) is 25.5 Å². The molecule has 5 heteroatoms. The minimum Gasteiger partial charge on any atom is -0.376 e. The first-order chi connectivity index (χ1) is 9.15. The fourth-order valence-electron chi connectivity index (χ4n) is 2.52. The van der Waals surface area contributed by atoms with Crippen LogP contribution in [0.3, 0.4) is 0 Å². The van der Waals surface area contributed by atoms with E-state index < -0.39 is 11.6 Å². The maximum atomic E-state index is 13.9. The molecule has 0 bridgehead atoms. The first-order valence-electron chi connectivity index (χ1n) is 6.66. The predicted molar refractivity (Wildman–Crippen MR) is 69.8 cm³/mol. The van der Waals surface area contributed by atoms with E-state index in [2.05, 4.69) is 11.8 Å². The van der Waals surface area contributed by atoms with Crippen LogP contribution in [0, 0.1) is 11.6 Å². The van der Waals surface area contributed by atoms with Crippen molar-refractivity contribution in [1.82, 2.24) is 4.90 Å². The van der Waals surface area contributed by atoms with Crippen LogP contribution in [0.2, 0.25) is 0 Å². The number of rotatable bonds is 4. The van der Waals surface area contributed by atoms with E-state index in [1.807, 2.05) is 0 Å². The molecular formula is C14H20F2N2O. The molecule has 19 heavy (non-hydrogen) atoms. The van der Waals surface area contributed by atoms with Crippen molar-refractivity contribution in [2.75, 3.05) is 26.2 Å². The molecule has 1 fully saturated rings. The SMILES string of the molecule is CCC1CN(C(CN)c2ccc(F)cc2F)CCO1. The van der Waals surface area contributed by atoms with Crippen molar-refractivity contribution in [3.05, 3.63) is 35.4 Å². The molecule has 106 valence electrons. The van der Waals surface area contributed by atoms with Gasteiger partial charge in [0.1, 0.15) is 11.6 Å². The Kier molecular flexibility index (Phi) is 4.85. The van der Waals surface area contributed by atoms with Crippen molar-refractivity contribution in [3.63, 3.8) is 0 Å². The molecular weight excluding hydrogens is 250 g/mol. The summed E-state index contributed by atoms with van der Waals surface area (Å²) in [6, 6.07) is 3.45. The number of hydrogen-bond acceptors (Lipinski definition) is 3. The van der Waals surface area contributed by atoms with E-state index in [0.29, 0.717) is 18.7 Å². The summed E-state index contributed by atoms with van der Waals surface area (Å²) >= 11 is 0. The van der Waals surface area contributed by atoms with Gasteiger partial charge in [0.05, 0.1) is 18.8 Å². The second-order valence-electron chi connectivity index (χ2n) is 4.81. The summed E-state index contributed by atoms with van der Waals surface area (Å²) in [4.78, 5) is 2.12. The summed E-state index contributed by atoms with van der Waals surface area (Å²) < 4.78 is 32.4. The van der Waals surface area contributed by atoms with Gasteiger partial charge in [0, 0.05) is 31.3 Å². The summed E-state index contributed by atoms with van der Waals surface area (Å²) in [5.74, 6) is -1.10. The van der Waals surface area contributed by atoms with Crippen LogP contribution in [0.4, 0.5) is 8.78 Å². The lowest BCUT2D eigenvalue weighted by Crippen LogP contribution is -2.46. The molecule has 2 unspecified atom stereocenters. The molecule has 2 atom stereocenters. The summed E-state index contributed by atoms with van der Waals surface area (Å²) in [5.41, 5.74) is 6.25. The zero-order valence-corrected chi connectivity index (χ0v) is 11.1. The highest BCUT2D eigenvalue weighted by molar-refractivity contribution is 5.22. The van der Waals surface area contributed by atoms with Gasteiger partial charge < -0.3 is 10.5 Å².